The Hall–Kier alpha value is -2.70. The average molecular weight is 315 g/mol. The first-order valence-electron chi connectivity index (χ1n) is 7.43. The lowest BCUT2D eigenvalue weighted by molar-refractivity contribution is -0.126. The molecule has 2 heterocycles. The van der Waals surface area contributed by atoms with Gasteiger partial charge in [0.25, 0.3) is 11.8 Å². The van der Waals surface area contributed by atoms with Gasteiger partial charge in [0.2, 0.25) is 11.8 Å². The summed E-state index contributed by atoms with van der Waals surface area (Å²) < 4.78 is 0. The van der Waals surface area contributed by atoms with Crippen molar-refractivity contribution in [3.63, 3.8) is 0 Å². The number of fused-ring (bicyclic) bond motifs is 1. The molecule has 2 aliphatic heterocycles. The number of hydrogen-bond acceptors (Lipinski definition) is 4. The van der Waals surface area contributed by atoms with E-state index in [-0.39, 0.29) is 18.4 Å². The van der Waals surface area contributed by atoms with E-state index in [1.165, 1.54) is 0 Å². The predicted molar refractivity (Wildman–Crippen MR) is 80.6 cm³/mol. The van der Waals surface area contributed by atoms with Gasteiger partial charge in [0.1, 0.15) is 6.54 Å². The van der Waals surface area contributed by atoms with Gasteiger partial charge in [0.05, 0.1) is 11.1 Å². The fourth-order valence-corrected chi connectivity index (χ4v) is 2.93. The molecule has 1 saturated heterocycles. The molecule has 23 heavy (non-hydrogen) atoms. The maximum Gasteiger partial charge on any atom is 0.262 e. The average Bonchev–Trinajstić information content (AvgIpc) is 2.98. The minimum absolute atomic E-state index is 0.0598. The van der Waals surface area contributed by atoms with Gasteiger partial charge in [-0.15, -0.1) is 0 Å². The van der Waals surface area contributed by atoms with Gasteiger partial charge in [-0.2, -0.15) is 0 Å². The van der Waals surface area contributed by atoms with Gasteiger partial charge in [-0.25, -0.2) is 0 Å². The van der Waals surface area contributed by atoms with Crippen LogP contribution in [0.5, 0.6) is 0 Å². The number of hydrogen-bond donors (Lipinski definition) is 1. The van der Waals surface area contributed by atoms with E-state index >= 15 is 0 Å². The topological polar surface area (TPSA) is 86.8 Å². The van der Waals surface area contributed by atoms with Crippen LogP contribution in [0.2, 0.25) is 0 Å². The number of carbonyl (C=O) groups excluding carboxylic acids is 4. The van der Waals surface area contributed by atoms with Crippen molar-refractivity contribution in [2.45, 2.75) is 6.42 Å². The van der Waals surface area contributed by atoms with Crippen LogP contribution in [0.3, 0.4) is 0 Å². The van der Waals surface area contributed by atoms with E-state index in [1.54, 1.807) is 36.2 Å². The van der Waals surface area contributed by atoms with Crippen LogP contribution in [0.1, 0.15) is 27.1 Å². The second kappa shape index (κ2) is 5.83. The van der Waals surface area contributed by atoms with Crippen LogP contribution >= 0.6 is 0 Å². The van der Waals surface area contributed by atoms with Gasteiger partial charge >= 0.3 is 0 Å². The summed E-state index contributed by atoms with van der Waals surface area (Å²) in [5.41, 5.74) is 0.654. The molecule has 7 nitrogen and oxygen atoms in total. The zero-order valence-corrected chi connectivity index (χ0v) is 12.7. The highest BCUT2D eigenvalue weighted by atomic mass is 16.2. The van der Waals surface area contributed by atoms with Crippen LogP contribution < -0.4 is 5.32 Å². The number of imide groups is 1. The van der Waals surface area contributed by atoms with E-state index in [4.69, 9.17) is 0 Å². The Kier molecular flexibility index (Phi) is 3.85. The van der Waals surface area contributed by atoms with Gasteiger partial charge in [-0.05, 0) is 12.1 Å². The van der Waals surface area contributed by atoms with Crippen LogP contribution in [0.15, 0.2) is 24.3 Å². The number of nitrogens with one attached hydrogen (secondary N) is 1. The molecule has 0 spiro atoms. The van der Waals surface area contributed by atoms with Crippen molar-refractivity contribution in [3.05, 3.63) is 35.4 Å². The Balaban J connectivity index is 1.56. The second-order valence-corrected chi connectivity index (χ2v) is 5.89. The molecule has 0 radical (unpaired) electrons. The zero-order chi connectivity index (χ0) is 16.6. The first-order valence-corrected chi connectivity index (χ1v) is 7.43. The fraction of sp³-hybridized carbons (Fsp3) is 0.375. The number of nitrogens with zero attached hydrogens (tertiary/aromatic N) is 2. The van der Waals surface area contributed by atoms with Gasteiger partial charge in [-0.3, -0.25) is 24.1 Å². The molecule has 4 amide bonds. The van der Waals surface area contributed by atoms with E-state index in [1.807, 2.05) is 0 Å². The minimum Gasteiger partial charge on any atom is -0.354 e. The third-order valence-electron chi connectivity index (χ3n) is 4.19. The quantitative estimate of drug-likeness (QED) is 0.785. The standard InChI is InChI=1S/C16H17N3O4/c1-18-8-10(6-14(18)21)7-17-13(20)9-19-15(22)11-4-2-3-5-12(11)16(19)23/h2-5,10H,6-9H2,1H3,(H,17,20). The highest BCUT2D eigenvalue weighted by Gasteiger charge is 2.36. The summed E-state index contributed by atoms with van der Waals surface area (Å²) in [6.45, 7) is 0.660. The van der Waals surface area contributed by atoms with Crippen molar-refractivity contribution in [1.29, 1.82) is 0 Å². The van der Waals surface area contributed by atoms with Crippen LogP contribution in [0.4, 0.5) is 0 Å². The minimum atomic E-state index is -0.448. The van der Waals surface area contributed by atoms with Gasteiger partial charge in [0.15, 0.2) is 0 Å². The van der Waals surface area contributed by atoms with E-state index < -0.39 is 17.7 Å². The van der Waals surface area contributed by atoms with E-state index in [0.717, 1.165) is 4.90 Å². The molecular formula is C16H17N3O4. The molecule has 1 N–H and O–H groups in total. The molecule has 0 aromatic heterocycles. The SMILES string of the molecule is CN1CC(CNC(=O)CN2C(=O)c3ccccc3C2=O)CC1=O. The summed E-state index contributed by atoms with van der Waals surface area (Å²) in [5.74, 6) is -1.17. The largest absolute Gasteiger partial charge is 0.354 e. The van der Waals surface area contributed by atoms with Crippen LogP contribution in [-0.2, 0) is 9.59 Å². The zero-order valence-electron chi connectivity index (χ0n) is 12.7. The molecule has 1 aromatic rings. The normalized spacial score (nSPS) is 20.2. The van der Waals surface area contributed by atoms with E-state index in [2.05, 4.69) is 5.32 Å². The third-order valence-corrected chi connectivity index (χ3v) is 4.19. The number of benzene rings is 1. The van der Waals surface area contributed by atoms with Crippen LogP contribution in [-0.4, -0.2) is 60.1 Å². The molecule has 3 rings (SSSR count). The van der Waals surface area contributed by atoms with Crippen molar-refractivity contribution < 1.29 is 19.2 Å². The molecule has 0 saturated carbocycles. The Morgan fingerprint density at radius 3 is 2.30 bits per heavy atom. The molecule has 0 aliphatic carbocycles. The Morgan fingerprint density at radius 1 is 1.17 bits per heavy atom. The predicted octanol–water partition coefficient (Wildman–Crippen LogP) is -0.123. The summed E-state index contributed by atoms with van der Waals surface area (Å²) in [4.78, 5) is 50.3. The summed E-state index contributed by atoms with van der Waals surface area (Å²) in [7, 11) is 1.73. The highest BCUT2D eigenvalue weighted by Crippen LogP contribution is 2.22. The maximum atomic E-state index is 12.2. The Morgan fingerprint density at radius 2 is 1.78 bits per heavy atom. The summed E-state index contributed by atoms with van der Waals surface area (Å²) >= 11 is 0. The number of carbonyl (C=O) groups is 4. The lowest BCUT2D eigenvalue weighted by atomic mass is 10.1. The molecular weight excluding hydrogens is 298 g/mol. The van der Waals surface area contributed by atoms with Crippen LogP contribution in [0, 0.1) is 5.92 Å². The molecule has 7 heteroatoms. The number of likely N-dealkylation sites (tertiary alicyclic amines) is 1. The van der Waals surface area contributed by atoms with Crippen molar-refractivity contribution >= 4 is 23.6 Å². The van der Waals surface area contributed by atoms with Gasteiger partial charge in [-0.1, -0.05) is 12.1 Å². The van der Waals surface area contributed by atoms with E-state index in [9.17, 15) is 19.2 Å². The monoisotopic (exact) mass is 315 g/mol. The smallest absolute Gasteiger partial charge is 0.262 e. The number of amides is 4. The lowest BCUT2D eigenvalue weighted by Gasteiger charge is -2.15. The van der Waals surface area contributed by atoms with Crippen LogP contribution in [0.25, 0.3) is 0 Å². The maximum absolute atomic E-state index is 12.2. The van der Waals surface area contributed by atoms with Crippen molar-refractivity contribution in [1.82, 2.24) is 15.1 Å². The third kappa shape index (κ3) is 2.81. The van der Waals surface area contributed by atoms with Gasteiger partial charge in [0, 0.05) is 32.5 Å². The fourth-order valence-electron chi connectivity index (χ4n) is 2.93. The van der Waals surface area contributed by atoms with E-state index in [0.29, 0.717) is 30.6 Å². The highest BCUT2D eigenvalue weighted by molar-refractivity contribution is 6.22. The molecule has 2 aliphatic rings. The summed E-state index contributed by atoms with van der Waals surface area (Å²) in [6.07, 6.45) is 0.407. The first kappa shape index (κ1) is 15.2. The van der Waals surface area contributed by atoms with Crippen molar-refractivity contribution in [3.8, 4) is 0 Å². The Bertz CT molecular complexity index is 665. The molecule has 1 atom stereocenters. The summed E-state index contributed by atoms with van der Waals surface area (Å²) in [5, 5.41) is 2.70. The molecule has 1 unspecified atom stereocenters. The van der Waals surface area contributed by atoms with Gasteiger partial charge < -0.3 is 10.2 Å². The first-order chi connectivity index (χ1) is 11.0. The van der Waals surface area contributed by atoms with Crippen molar-refractivity contribution in [2.75, 3.05) is 26.7 Å². The molecule has 120 valence electrons. The molecule has 0 bridgehead atoms. The Labute approximate surface area is 133 Å². The second-order valence-electron chi connectivity index (χ2n) is 5.89. The van der Waals surface area contributed by atoms with Crippen molar-refractivity contribution in [2.24, 2.45) is 5.92 Å². The molecule has 1 aromatic carbocycles. The summed E-state index contributed by atoms with van der Waals surface area (Å²) in [6, 6.07) is 6.52. The number of rotatable bonds is 4. The lowest BCUT2D eigenvalue weighted by Crippen LogP contribution is -2.41. The molecule has 1 fully saturated rings.